The molecular formula is C20H24ClNO3. The van der Waals surface area contributed by atoms with E-state index >= 15 is 0 Å². The van der Waals surface area contributed by atoms with Gasteiger partial charge in [0.2, 0.25) is 0 Å². The minimum absolute atomic E-state index is 0.0948. The highest BCUT2D eigenvalue weighted by molar-refractivity contribution is 6.32. The summed E-state index contributed by atoms with van der Waals surface area (Å²) in [7, 11) is 1.59. The van der Waals surface area contributed by atoms with Gasteiger partial charge < -0.3 is 14.8 Å². The van der Waals surface area contributed by atoms with Gasteiger partial charge in [-0.25, -0.2) is 0 Å². The molecule has 1 amide bonds. The number of hydrogen-bond acceptors (Lipinski definition) is 3. The van der Waals surface area contributed by atoms with E-state index in [0.29, 0.717) is 22.1 Å². The zero-order valence-corrected chi connectivity index (χ0v) is 15.6. The molecule has 0 aliphatic carbocycles. The van der Waals surface area contributed by atoms with Gasteiger partial charge in [0.05, 0.1) is 12.1 Å². The van der Waals surface area contributed by atoms with E-state index in [0.717, 1.165) is 18.4 Å². The highest BCUT2D eigenvalue weighted by Crippen LogP contribution is 2.26. The van der Waals surface area contributed by atoms with Crippen LogP contribution in [0.4, 0.5) is 0 Å². The van der Waals surface area contributed by atoms with Gasteiger partial charge in [0.1, 0.15) is 18.1 Å². The van der Waals surface area contributed by atoms with E-state index in [1.807, 2.05) is 19.1 Å². The maximum Gasteiger partial charge on any atom is 0.251 e. The first kappa shape index (κ1) is 19.1. The second kappa shape index (κ2) is 9.33. The summed E-state index contributed by atoms with van der Waals surface area (Å²) >= 11 is 6.11. The first-order chi connectivity index (χ1) is 12.0. The summed E-state index contributed by atoms with van der Waals surface area (Å²) in [6.45, 7) is 4.37. The quantitative estimate of drug-likeness (QED) is 0.731. The molecule has 0 fully saturated rings. The van der Waals surface area contributed by atoms with Gasteiger partial charge in [0.25, 0.3) is 5.91 Å². The van der Waals surface area contributed by atoms with Gasteiger partial charge in [0.15, 0.2) is 0 Å². The third-order valence-electron chi connectivity index (χ3n) is 3.86. The molecule has 0 saturated heterocycles. The van der Waals surface area contributed by atoms with Crippen molar-refractivity contribution < 1.29 is 14.3 Å². The van der Waals surface area contributed by atoms with Gasteiger partial charge in [-0.1, -0.05) is 37.1 Å². The van der Waals surface area contributed by atoms with Crippen molar-refractivity contribution in [2.24, 2.45) is 0 Å². The molecule has 0 unspecified atom stereocenters. The number of ether oxygens (including phenoxy) is 2. The molecule has 0 aliphatic rings. The molecule has 2 rings (SSSR count). The number of methoxy groups -OCH3 is 1. The van der Waals surface area contributed by atoms with Crippen molar-refractivity contribution in [1.82, 2.24) is 5.32 Å². The van der Waals surface area contributed by atoms with Crippen molar-refractivity contribution in [3.63, 3.8) is 0 Å². The van der Waals surface area contributed by atoms with E-state index in [4.69, 9.17) is 21.1 Å². The number of hydrogen-bond donors (Lipinski definition) is 1. The van der Waals surface area contributed by atoms with Crippen molar-refractivity contribution in [2.45, 2.75) is 39.3 Å². The fourth-order valence-electron chi connectivity index (χ4n) is 2.56. The molecule has 1 N–H and O–H groups in total. The number of rotatable bonds is 8. The van der Waals surface area contributed by atoms with Gasteiger partial charge >= 0.3 is 0 Å². The summed E-state index contributed by atoms with van der Waals surface area (Å²) in [4.78, 5) is 12.4. The van der Waals surface area contributed by atoms with Crippen LogP contribution in [0.5, 0.6) is 11.5 Å². The number of para-hydroxylation sites is 1. The second-order valence-corrected chi connectivity index (χ2v) is 6.32. The molecule has 1 atom stereocenters. The number of amides is 1. The van der Waals surface area contributed by atoms with Crippen LogP contribution >= 0.6 is 11.6 Å². The van der Waals surface area contributed by atoms with Gasteiger partial charge in [-0.05, 0) is 43.7 Å². The van der Waals surface area contributed by atoms with Crippen molar-refractivity contribution >= 4 is 17.5 Å². The standard InChI is InChI=1S/C20H24ClNO3/c1-4-7-14(2)22-20(23)15-10-11-18(24-3)16(12-15)13-25-19-9-6-5-8-17(19)21/h5-6,8-12,14H,4,7,13H2,1-3H3,(H,22,23)/t14-/m1/s1. The molecule has 5 heteroatoms. The highest BCUT2D eigenvalue weighted by Gasteiger charge is 2.13. The average molecular weight is 362 g/mol. The van der Waals surface area contributed by atoms with Gasteiger partial charge in [-0.15, -0.1) is 0 Å². The normalized spacial score (nSPS) is 11.7. The lowest BCUT2D eigenvalue weighted by molar-refractivity contribution is 0.0938. The van der Waals surface area contributed by atoms with E-state index in [1.54, 1.807) is 37.4 Å². The molecule has 25 heavy (non-hydrogen) atoms. The minimum atomic E-state index is -0.0948. The number of halogens is 1. The monoisotopic (exact) mass is 361 g/mol. The first-order valence-electron chi connectivity index (χ1n) is 8.40. The summed E-state index contributed by atoms with van der Waals surface area (Å²) < 4.78 is 11.1. The lowest BCUT2D eigenvalue weighted by atomic mass is 10.1. The minimum Gasteiger partial charge on any atom is -0.496 e. The lowest BCUT2D eigenvalue weighted by Gasteiger charge is -2.15. The maximum absolute atomic E-state index is 12.4. The summed E-state index contributed by atoms with van der Waals surface area (Å²) in [5, 5.41) is 3.55. The fourth-order valence-corrected chi connectivity index (χ4v) is 2.75. The molecular weight excluding hydrogens is 338 g/mol. The molecule has 0 bridgehead atoms. The number of carbonyl (C=O) groups is 1. The molecule has 4 nitrogen and oxygen atoms in total. The van der Waals surface area contributed by atoms with Crippen LogP contribution in [0.15, 0.2) is 42.5 Å². The number of benzene rings is 2. The Balaban J connectivity index is 2.13. The van der Waals surface area contributed by atoms with Crippen molar-refractivity contribution in [3.05, 3.63) is 58.6 Å². The zero-order chi connectivity index (χ0) is 18.2. The Morgan fingerprint density at radius 2 is 1.96 bits per heavy atom. The van der Waals surface area contributed by atoms with Gasteiger partial charge in [-0.2, -0.15) is 0 Å². The number of nitrogens with one attached hydrogen (secondary N) is 1. The Bertz CT molecular complexity index is 718. The summed E-state index contributed by atoms with van der Waals surface area (Å²) in [5.74, 6) is 1.17. The van der Waals surface area contributed by atoms with E-state index in [-0.39, 0.29) is 18.6 Å². The largest absolute Gasteiger partial charge is 0.496 e. The first-order valence-corrected chi connectivity index (χ1v) is 8.78. The predicted molar refractivity (Wildman–Crippen MR) is 101 cm³/mol. The van der Waals surface area contributed by atoms with E-state index in [9.17, 15) is 4.79 Å². The van der Waals surface area contributed by atoms with Crippen LogP contribution in [0.1, 0.15) is 42.6 Å². The molecule has 2 aromatic rings. The van der Waals surface area contributed by atoms with Crippen molar-refractivity contribution in [3.8, 4) is 11.5 Å². The molecule has 134 valence electrons. The van der Waals surface area contributed by atoms with Crippen LogP contribution in [-0.2, 0) is 6.61 Å². The van der Waals surface area contributed by atoms with Crippen molar-refractivity contribution in [1.29, 1.82) is 0 Å². The Hall–Kier alpha value is -2.20. The highest BCUT2D eigenvalue weighted by atomic mass is 35.5. The third-order valence-corrected chi connectivity index (χ3v) is 4.17. The van der Waals surface area contributed by atoms with E-state index in [1.165, 1.54) is 0 Å². The van der Waals surface area contributed by atoms with Crippen LogP contribution in [0, 0.1) is 0 Å². The number of carbonyl (C=O) groups excluding carboxylic acids is 1. The van der Waals surface area contributed by atoms with Crippen LogP contribution in [0.3, 0.4) is 0 Å². The third kappa shape index (κ3) is 5.40. The van der Waals surface area contributed by atoms with Crippen molar-refractivity contribution in [2.75, 3.05) is 7.11 Å². The van der Waals surface area contributed by atoms with Crippen LogP contribution in [0.25, 0.3) is 0 Å². The molecule has 2 aromatic carbocycles. The summed E-state index contributed by atoms with van der Waals surface area (Å²) in [6.07, 6.45) is 1.98. The Morgan fingerprint density at radius 1 is 1.20 bits per heavy atom. The van der Waals surface area contributed by atoms with E-state index in [2.05, 4.69) is 12.2 Å². The van der Waals surface area contributed by atoms with Gasteiger partial charge in [-0.3, -0.25) is 4.79 Å². The predicted octanol–water partition coefficient (Wildman–Crippen LogP) is 4.85. The Morgan fingerprint density at radius 3 is 2.64 bits per heavy atom. The topological polar surface area (TPSA) is 47.6 Å². The molecule has 0 aliphatic heterocycles. The Kier molecular flexibility index (Phi) is 7.14. The van der Waals surface area contributed by atoms with Crippen LogP contribution < -0.4 is 14.8 Å². The second-order valence-electron chi connectivity index (χ2n) is 5.91. The molecule has 0 radical (unpaired) electrons. The Labute approximate surface area is 154 Å². The van der Waals surface area contributed by atoms with Crippen LogP contribution in [0.2, 0.25) is 5.02 Å². The fraction of sp³-hybridized carbons (Fsp3) is 0.350. The summed E-state index contributed by atoms with van der Waals surface area (Å²) in [6, 6.07) is 12.8. The van der Waals surface area contributed by atoms with Crippen LogP contribution in [-0.4, -0.2) is 19.1 Å². The SMILES string of the molecule is CCC[C@@H](C)NC(=O)c1ccc(OC)c(COc2ccccc2Cl)c1. The van der Waals surface area contributed by atoms with E-state index < -0.39 is 0 Å². The molecule has 0 spiro atoms. The molecule has 0 aromatic heterocycles. The van der Waals surface area contributed by atoms with Gasteiger partial charge in [0, 0.05) is 17.2 Å². The lowest BCUT2D eigenvalue weighted by Crippen LogP contribution is -2.32. The maximum atomic E-state index is 12.4. The zero-order valence-electron chi connectivity index (χ0n) is 14.8. The molecule has 0 saturated carbocycles. The average Bonchev–Trinajstić information content (AvgIpc) is 2.61. The smallest absolute Gasteiger partial charge is 0.251 e. The summed E-state index contributed by atoms with van der Waals surface area (Å²) in [5.41, 5.74) is 1.37. The molecule has 0 heterocycles.